The summed E-state index contributed by atoms with van der Waals surface area (Å²) in [4.78, 5) is 16.8. The topological polar surface area (TPSA) is 75.5 Å². The summed E-state index contributed by atoms with van der Waals surface area (Å²) < 4.78 is 16.7. The summed E-state index contributed by atoms with van der Waals surface area (Å²) in [5, 5.41) is 12.8. The predicted molar refractivity (Wildman–Crippen MR) is 115 cm³/mol. The molecule has 0 amide bonds. The molecule has 2 aliphatic heterocycles. The van der Waals surface area contributed by atoms with Gasteiger partial charge in [-0.05, 0) is 37.7 Å². The van der Waals surface area contributed by atoms with E-state index in [9.17, 15) is 9.90 Å². The van der Waals surface area contributed by atoms with Crippen LogP contribution in [0.5, 0.6) is 23.0 Å². The fourth-order valence-corrected chi connectivity index (χ4v) is 4.17. The molecule has 1 saturated heterocycles. The highest BCUT2D eigenvalue weighted by Crippen LogP contribution is 2.41. The number of allylic oxidation sites excluding steroid dienone is 1. The van der Waals surface area contributed by atoms with Gasteiger partial charge < -0.3 is 24.2 Å². The number of hydrogen-bond acceptors (Lipinski definition) is 6. The van der Waals surface area contributed by atoms with Gasteiger partial charge in [-0.3, -0.25) is 9.69 Å². The molecule has 4 rings (SSSR count). The second-order valence-electron chi connectivity index (χ2n) is 8.15. The molecule has 0 saturated carbocycles. The summed E-state index contributed by atoms with van der Waals surface area (Å²) in [5.74, 6) is 1.56. The van der Waals surface area contributed by atoms with Crippen LogP contribution >= 0.6 is 0 Å². The van der Waals surface area contributed by atoms with Crippen LogP contribution in [-0.2, 0) is 6.54 Å². The van der Waals surface area contributed by atoms with Crippen molar-refractivity contribution in [2.24, 2.45) is 0 Å². The highest BCUT2D eigenvalue weighted by Gasteiger charge is 2.33. The second-order valence-corrected chi connectivity index (χ2v) is 8.15. The number of likely N-dealkylation sites (N-methyl/N-ethyl adjacent to an activating group) is 1. The number of benzene rings is 2. The van der Waals surface area contributed by atoms with Gasteiger partial charge >= 0.3 is 0 Å². The normalized spacial score (nSPS) is 18.2. The van der Waals surface area contributed by atoms with E-state index in [-0.39, 0.29) is 17.3 Å². The summed E-state index contributed by atoms with van der Waals surface area (Å²) in [6.45, 7) is 6.22. The van der Waals surface area contributed by atoms with Crippen molar-refractivity contribution in [3.8, 4) is 23.0 Å². The van der Waals surface area contributed by atoms with Crippen LogP contribution < -0.4 is 24.2 Å². The third-order valence-corrected chi connectivity index (χ3v) is 6.05. The van der Waals surface area contributed by atoms with E-state index >= 15 is 0 Å². The third kappa shape index (κ3) is 4.11. The van der Waals surface area contributed by atoms with Crippen molar-refractivity contribution < 1.29 is 29.0 Å². The zero-order valence-corrected chi connectivity index (χ0v) is 18.4. The monoisotopic (exact) mass is 424 g/mol. The molecule has 0 unspecified atom stereocenters. The molecule has 2 aromatic carbocycles. The summed E-state index contributed by atoms with van der Waals surface area (Å²) in [7, 11) is 5.25. The van der Waals surface area contributed by atoms with E-state index in [2.05, 4.69) is 11.9 Å². The van der Waals surface area contributed by atoms with Gasteiger partial charge in [0.15, 0.2) is 5.76 Å². The molecule has 7 nitrogen and oxygen atoms in total. The number of quaternary nitrogens is 1. The molecular weight excluding hydrogens is 396 g/mol. The van der Waals surface area contributed by atoms with Crippen molar-refractivity contribution in [3.63, 3.8) is 0 Å². The van der Waals surface area contributed by atoms with Crippen LogP contribution in [0.15, 0.2) is 30.0 Å². The van der Waals surface area contributed by atoms with Gasteiger partial charge in [0.1, 0.15) is 23.8 Å². The lowest BCUT2D eigenvalue weighted by atomic mass is 9.99. The molecule has 1 N–H and O–H groups in total. The SMILES string of the molecule is COc1ccc(/C=C2\Oc3c(C[NH+]4CCN(C)CC4)c([O-])cc(C)c3C2=O)c(OC)c1. The minimum absolute atomic E-state index is 0.0706. The first-order valence-electron chi connectivity index (χ1n) is 10.4. The first-order valence-corrected chi connectivity index (χ1v) is 10.4. The first kappa shape index (κ1) is 21.2. The first-order chi connectivity index (χ1) is 14.9. The van der Waals surface area contributed by atoms with Gasteiger partial charge in [0.25, 0.3) is 0 Å². The molecule has 2 aliphatic rings. The summed E-state index contributed by atoms with van der Waals surface area (Å²) in [6, 6.07) is 6.92. The van der Waals surface area contributed by atoms with Crippen molar-refractivity contribution in [1.29, 1.82) is 0 Å². The van der Waals surface area contributed by atoms with Gasteiger partial charge in [-0.15, -0.1) is 0 Å². The average Bonchev–Trinajstić information content (AvgIpc) is 3.09. The Morgan fingerprint density at radius 2 is 1.94 bits per heavy atom. The Kier molecular flexibility index (Phi) is 5.89. The van der Waals surface area contributed by atoms with Crippen molar-refractivity contribution in [2.45, 2.75) is 13.5 Å². The van der Waals surface area contributed by atoms with Crippen molar-refractivity contribution in [2.75, 3.05) is 47.4 Å². The number of rotatable bonds is 5. The number of carbonyl (C=O) groups excluding carboxylic acids is 1. The minimum atomic E-state index is -0.208. The molecule has 0 atom stereocenters. The van der Waals surface area contributed by atoms with E-state index in [1.807, 2.05) is 6.07 Å². The highest BCUT2D eigenvalue weighted by molar-refractivity contribution is 6.16. The number of ether oxygens (including phenoxy) is 3. The molecule has 164 valence electrons. The number of Topliss-reactive ketones (excluding diaryl/α,β-unsaturated/α-hetero) is 1. The number of ketones is 1. The van der Waals surface area contributed by atoms with E-state index < -0.39 is 0 Å². The Labute approximate surface area is 182 Å². The lowest BCUT2D eigenvalue weighted by molar-refractivity contribution is -0.918. The van der Waals surface area contributed by atoms with Crippen molar-refractivity contribution in [1.82, 2.24) is 4.90 Å². The lowest BCUT2D eigenvalue weighted by Gasteiger charge is -2.31. The Balaban J connectivity index is 1.68. The van der Waals surface area contributed by atoms with Gasteiger partial charge in [0.2, 0.25) is 5.78 Å². The smallest absolute Gasteiger partial charge is 0.232 e. The second kappa shape index (κ2) is 8.61. The Morgan fingerprint density at radius 1 is 1.19 bits per heavy atom. The molecule has 1 fully saturated rings. The van der Waals surface area contributed by atoms with Crippen molar-refractivity contribution >= 4 is 11.9 Å². The fourth-order valence-electron chi connectivity index (χ4n) is 4.17. The molecule has 0 bridgehead atoms. The van der Waals surface area contributed by atoms with E-state index in [1.54, 1.807) is 45.4 Å². The zero-order chi connectivity index (χ0) is 22.1. The van der Waals surface area contributed by atoms with Crippen LogP contribution in [0.25, 0.3) is 6.08 Å². The maximum Gasteiger partial charge on any atom is 0.232 e. The third-order valence-electron chi connectivity index (χ3n) is 6.05. The number of nitrogens with one attached hydrogen (secondary N) is 1. The predicted octanol–water partition coefficient (Wildman–Crippen LogP) is 1.03. The van der Waals surface area contributed by atoms with E-state index in [4.69, 9.17) is 14.2 Å². The summed E-state index contributed by atoms with van der Waals surface area (Å²) in [5.41, 5.74) is 2.42. The number of hydrogen-bond donors (Lipinski definition) is 1. The maximum atomic E-state index is 13.2. The molecule has 0 aliphatic carbocycles. The number of aryl methyl sites for hydroxylation is 1. The number of nitrogens with zero attached hydrogens (tertiary/aromatic N) is 1. The van der Waals surface area contributed by atoms with E-state index in [0.717, 1.165) is 26.2 Å². The van der Waals surface area contributed by atoms with Crippen LogP contribution in [-0.4, -0.2) is 58.1 Å². The van der Waals surface area contributed by atoms with Gasteiger partial charge in [-0.1, -0.05) is 11.8 Å². The number of carbonyl (C=O) groups is 1. The molecule has 0 radical (unpaired) electrons. The van der Waals surface area contributed by atoms with Gasteiger partial charge in [0, 0.05) is 30.3 Å². The van der Waals surface area contributed by atoms with E-state index in [0.29, 0.717) is 46.0 Å². The molecular formula is C24H28N2O5. The Morgan fingerprint density at radius 3 is 2.61 bits per heavy atom. The molecule has 31 heavy (non-hydrogen) atoms. The number of methoxy groups -OCH3 is 2. The molecule has 2 heterocycles. The van der Waals surface area contributed by atoms with Crippen LogP contribution in [0, 0.1) is 6.92 Å². The summed E-state index contributed by atoms with van der Waals surface area (Å²) >= 11 is 0. The standard InChI is InChI=1S/C24H28N2O5/c1-15-11-19(27)18(14-26-9-7-25(2)8-10-26)24-22(15)23(28)21(31-24)12-16-5-6-17(29-3)13-20(16)30-4/h5-6,11-13,27H,7-10,14H2,1-4H3/b21-12-. The van der Waals surface area contributed by atoms with Gasteiger partial charge in [-0.25, -0.2) is 0 Å². The quantitative estimate of drug-likeness (QED) is 0.723. The maximum absolute atomic E-state index is 13.2. The molecule has 0 aromatic heterocycles. The molecule has 2 aromatic rings. The lowest BCUT2D eigenvalue weighted by Crippen LogP contribution is -3.13. The minimum Gasteiger partial charge on any atom is -0.872 e. The van der Waals surface area contributed by atoms with Crippen LogP contribution in [0.1, 0.15) is 27.0 Å². The van der Waals surface area contributed by atoms with Crippen LogP contribution in [0.2, 0.25) is 0 Å². The van der Waals surface area contributed by atoms with Crippen LogP contribution in [0.4, 0.5) is 0 Å². The fraction of sp³-hybridized carbons (Fsp3) is 0.375. The van der Waals surface area contributed by atoms with Crippen molar-refractivity contribution in [3.05, 3.63) is 52.3 Å². The molecule has 0 spiro atoms. The highest BCUT2D eigenvalue weighted by atomic mass is 16.5. The van der Waals surface area contributed by atoms with Gasteiger partial charge in [-0.2, -0.15) is 0 Å². The molecule has 7 heteroatoms. The van der Waals surface area contributed by atoms with Gasteiger partial charge in [0.05, 0.1) is 32.9 Å². The van der Waals surface area contributed by atoms with E-state index in [1.165, 1.54) is 4.90 Å². The number of fused-ring (bicyclic) bond motifs is 1. The zero-order valence-electron chi connectivity index (χ0n) is 18.4. The number of piperazine rings is 1. The van der Waals surface area contributed by atoms with Crippen LogP contribution in [0.3, 0.4) is 0 Å². The largest absolute Gasteiger partial charge is 0.872 e. The summed E-state index contributed by atoms with van der Waals surface area (Å²) in [6.07, 6.45) is 1.66. The Hall–Kier alpha value is -3.03. The Bertz CT molecular complexity index is 1040. The average molecular weight is 424 g/mol.